The monoisotopic (exact) mass is 275 g/mol. The Labute approximate surface area is 105 Å². The van der Waals surface area contributed by atoms with Gasteiger partial charge in [0.05, 0.1) is 10.6 Å². The largest absolute Gasteiger partial charge is 0.373 e. The van der Waals surface area contributed by atoms with Gasteiger partial charge in [0.15, 0.2) is 0 Å². The average Bonchev–Trinajstić information content (AvgIpc) is 3.12. The minimum atomic E-state index is -4.54. The zero-order chi connectivity index (χ0) is 13.3. The summed E-state index contributed by atoms with van der Waals surface area (Å²) in [4.78, 5) is 1.45. The number of nitrogens with zero attached hydrogens (tertiary/aromatic N) is 1. The summed E-state index contributed by atoms with van der Waals surface area (Å²) >= 11 is 0. The Hall–Kier alpha value is -1.17. The number of hydrogen-bond donors (Lipinski definition) is 0. The first kappa shape index (κ1) is 13.3. The van der Waals surface area contributed by atoms with E-state index < -0.39 is 15.6 Å². The van der Waals surface area contributed by atoms with Crippen LogP contribution in [0, 0.1) is 5.92 Å². The van der Waals surface area contributed by atoms with Crippen molar-refractivity contribution in [2.45, 2.75) is 23.5 Å². The molecule has 1 fully saturated rings. The van der Waals surface area contributed by atoms with E-state index in [9.17, 15) is 17.2 Å². The van der Waals surface area contributed by atoms with E-state index in [0.29, 0.717) is 18.2 Å². The number of alkyl halides is 2. The summed E-state index contributed by atoms with van der Waals surface area (Å²) in [5.41, 5.74) is 0.352. The van der Waals surface area contributed by atoms with Crippen LogP contribution in [-0.2, 0) is 9.84 Å². The number of benzene rings is 1. The fraction of sp³-hybridized carbons (Fsp3) is 0.500. The Bertz CT molecular complexity index is 527. The lowest BCUT2D eigenvalue weighted by Gasteiger charge is -2.22. The Morgan fingerprint density at radius 3 is 2.50 bits per heavy atom. The van der Waals surface area contributed by atoms with E-state index in [4.69, 9.17) is 0 Å². The van der Waals surface area contributed by atoms with Crippen LogP contribution in [-0.4, -0.2) is 27.8 Å². The summed E-state index contributed by atoms with van der Waals surface area (Å²) < 4.78 is 48.4. The number of para-hydroxylation sites is 1. The number of rotatable bonds is 5. The molecule has 0 spiro atoms. The predicted octanol–water partition coefficient (Wildman–Crippen LogP) is 2.53. The molecule has 100 valence electrons. The maximum atomic E-state index is 12.6. The maximum Gasteiger partial charge on any atom is 0.341 e. The van der Waals surface area contributed by atoms with Crippen LogP contribution >= 0.6 is 0 Å². The van der Waals surface area contributed by atoms with Crippen molar-refractivity contribution in [1.82, 2.24) is 0 Å². The SMILES string of the molecule is CN(CC1CC1)c1ccccc1S(=O)(=O)C(F)F. The smallest absolute Gasteiger partial charge is 0.341 e. The van der Waals surface area contributed by atoms with Crippen molar-refractivity contribution in [3.05, 3.63) is 24.3 Å². The van der Waals surface area contributed by atoms with Crippen LogP contribution in [0.25, 0.3) is 0 Å². The predicted molar refractivity (Wildman–Crippen MR) is 65.6 cm³/mol. The molecule has 0 atom stereocenters. The number of sulfone groups is 1. The van der Waals surface area contributed by atoms with Crippen LogP contribution in [0.2, 0.25) is 0 Å². The highest BCUT2D eigenvalue weighted by Crippen LogP contribution is 2.33. The lowest BCUT2D eigenvalue weighted by atomic mass is 10.3. The van der Waals surface area contributed by atoms with Crippen LogP contribution < -0.4 is 4.90 Å². The van der Waals surface area contributed by atoms with Gasteiger partial charge in [-0.3, -0.25) is 0 Å². The summed E-state index contributed by atoms with van der Waals surface area (Å²) in [6.45, 7) is 0.704. The molecule has 0 heterocycles. The molecule has 0 saturated heterocycles. The molecule has 1 aliphatic rings. The first-order valence-electron chi connectivity index (χ1n) is 5.75. The Morgan fingerprint density at radius 2 is 1.94 bits per heavy atom. The number of anilines is 1. The normalized spacial score (nSPS) is 16.0. The van der Waals surface area contributed by atoms with Gasteiger partial charge in [-0.15, -0.1) is 0 Å². The number of hydrogen-bond acceptors (Lipinski definition) is 3. The second-order valence-corrected chi connectivity index (χ2v) is 6.48. The van der Waals surface area contributed by atoms with E-state index in [1.807, 2.05) is 0 Å². The highest BCUT2D eigenvalue weighted by atomic mass is 32.2. The van der Waals surface area contributed by atoms with Gasteiger partial charge in [0, 0.05) is 13.6 Å². The fourth-order valence-corrected chi connectivity index (χ4v) is 2.87. The van der Waals surface area contributed by atoms with Gasteiger partial charge in [-0.1, -0.05) is 12.1 Å². The second-order valence-electron chi connectivity index (χ2n) is 4.60. The second kappa shape index (κ2) is 4.84. The molecular weight excluding hydrogens is 260 g/mol. The summed E-state index contributed by atoms with van der Waals surface area (Å²) in [6.07, 6.45) is 2.24. The topological polar surface area (TPSA) is 37.4 Å². The van der Waals surface area contributed by atoms with Gasteiger partial charge in [-0.2, -0.15) is 8.78 Å². The molecule has 0 N–H and O–H groups in total. The van der Waals surface area contributed by atoms with Crippen LogP contribution in [0.4, 0.5) is 14.5 Å². The maximum absolute atomic E-state index is 12.6. The molecule has 0 radical (unpaired) electrons. The minimum Gasteiger partial charge on any atom is -0.373 e. The van der Waals surface area contributed by atoms with Gasteiger partial charge in [0.1, 0.15) is 0 Å². The van der Waals surface area contributed by atoms with Crippen molar-refractivity contribution >= 4 is 15.5 Å². The highest BCUT2D eigenvalue weighted by molar-refractivity contribution is 7.91. The van der Waals surface area contributed by atoms with Crippen LogP contribution in [0.15, 0.2) is 29.2 Å². The Morgan fingerprint density at radius 1 is 1.33 bits per heavy atom. The minimum absolute atomic E-state index is 0.289. The molecule has 1 aliphatic carbocycles. The zero-order valence-corrected chi connectivity index (χ0v) is 10.8. The van der Waals surface area contributed by atoms with Crippen LogP contribution in [0.3, 0.4) is 0 Å². The molecule has 6 heteroatoms. The molecule has 3 nitrogen and oxygen atoms in total. The van der Waals surface area contributed by atoms with Crippen molar-refractivity contribution in [3.8, 4) is 0 Å². The Kier molecular flexibility index (Phi) is 3.56. The molecule has 1 aromatic carbocycles. The molecule has 2 rings (SSSR count). The molecule has 1 aromatic rings. The molecule has 0 aliphatic heterocycles. The van der Waals surface area contributed by atoms with E-state index in [1.165, 1.54) is 12.1 Å². The first-order valence-corrected chi connectivity index (χ1v) is 7.30. The van der Waals surface area contributed by atoms with Crippen LogP contribution in [0.1, 0.15) is 12.8 Å². The van der Waals surface area contributed by atoms with Gasteiger partial charge in [0.25, 0.3) is 0 Å². The third-order valence-corrected chi connectivity index (χ3v) is 4.47. The van der Waals surface area contributed by atoms with Crippen molar-refractivity contribution in [1.29, 1.82) is 0 Å². The molecule has 0 unspecified atom stereocenters. The third kappa shape index (κ3) is 2.63. The molecule has 1 saturated carbocycles. The standard InChI is InChI=1S/C12H15F2NO2S/c1-15(8-9-6-7-9)10-4-2-3-5-11(10)18(16,17)12(13)14/h2-5,9,12H,6-8H2,1H3. The van der Waals surface area contributed by atoms with Crippen LogP contribution in [0.5, 0.6) is 0 Å². The average molecular weight is 275 g/mol. The third-order valence-electron chi connectivity index (χ3n) is 3.05. The Balaban J connectivity index is 2.35. The first-order chi connectivity index (χ1) is 8.43. The number of halogens is 2. The fourth-order valence-electron chi connectivity index (χ4n) is 1.90. The lowest BCUT2D eigenvalue weighted by molar-refractivity contribution is 0.235. The molecule has 0 bridgehead atoms. The highest BCUT2D eigenvalue weighted by Gasteiger charge is 2.31. The molecule has 0 aromatic heterocycles. The van der Waals surface area contributed by atoms with Crippen molar-refractivity contribution in [2.24, 2.45) is 5.92 Å². The van der Waals surface area contributed by atoms with Gasteiger partial charge >= 0.3 is 5.76 Å². The van der Waals surface area contributed by atoms with E-state index in [-0.39, 0.29) is 4.90 Å². The van der Waals surface area contributed by atoms with Crippen molar-refractivity contribution in [2.75, 3.05) is 18.5 Å². The van der Waals surface area contributed by atoms with Gasteiger partial charge in [-0.05, 0) is 30.9 Å². The van der Waals surface area contributed by atoms with Gasteiger partial charge in [0.2, 0.25) is 9.84 Å². The summed E-state index contributed by atoms with van der Waals surface area (Å²) in [7, 11) is -2.81. The summed E-state index contributed by atoms with van der Waals surface area (Å²) in [5, 5.41) is 0. The van der Waals surface area contributed by atoms with E-state index in [0.717, 1.165) is 12.8 Å². The molecule has 18 heavy (non-hydrogen) atoms. The van der Waals surface area contributed by atoms with E-state index >= 15 is 0 Å². The van der Waals surface area contributed by atoms with E-state index in [2.05, 4.69) is 0 Å². The zero-order valence-electron chi connectivity index (χ0n) is 10.0. The molecule has 0 amide bonds. The van der Waals surface area contributed by atoms with Gasteiger partial charge in [-0.25, -0.2) is 8.42 Å². The summed E-state index contributed by atoms with van der Waals surface area (Å²) in [6, 6.07) is 5.92. The summed E-state index contributed by atoms with van der Waals surface area (Å²) in [5.74, 6) is -2.83. The lowest BCUT2D eigenvalue weighted by Crippen LogP contribution is -2.23. The van der Waals surface area contributed by atoms with Crippen molar-refractivity contribution in [3.63, 3.8) is 0 Å². The van der Waals surface area contributed by atoms with Crippen molar-refractivity contribution < 1.29 is 17.2 Å². The van der Waals surface area contributed by atoms with Gasteiger partial charge < -0.3 is 4.90 Å². The quantitative estimate of drug-likeness (QED) is 0.828. The van der Waals surface area contributed by atoms with E-state index in [1.54, 1.807) is 24.1 Å². The molecular formula is C12H15F2NO2S.